The monoisotopic (exact) mass is 378 g/mol. The van der Waals surface area contributed by atoms with Crippen LogP contribution in [0, 0.1) is 5.82 Å². The van der Waals surface area contributed by atoms with E-state index in [1.807, 2.05) is 6.92 Å². The van der Waals surface area contributed by atoms with Gasteiger partial charge in [0.05, 0.1) is 6.10 Å². The molecule has 2 nitrogen and oxygen atoms in total. The molecule has 0 radical (unpaired) electrons. The lowest BCUT2D eigenvalue weighted by Crippen LogP contribution is -2.44. The second-order valence-electron chi connectivity index (χ2n) is 6.68. The van der Waals surface area contributed by atoms with Gasteiger partial charge in [-0.25, -0.2) is 4.39 Å². The van der Waals surface area contributed by atoms with E-state index < -0.39 is 16.6 Å². The molecule has 0 aromatic heterocycles. The molecule has 0 heterocycles. The summed E-state index contributed by atoms with van der Waals surface area (Å²) in [5.41, 5.74) is 0. The summed E-state index contributed by atoms with van der Waals surface area (Å²) in [6.07, 6.45) is -0.0521. The third-order valence-corrected chi connectivity index (χ3v) is 9.29. The SMILES string of the molecule is CC(C[Si](C)(C)O[Si](C)(C)C)Oc1ccc(Br)cc1F. The number of halogens is 2. The van der Waals surface area contributed by atoms with E-state index in [1.54, 1.807) is 12.1 Å². The zero-order valence-corrected chi connectivity index (χ0v) is 16.7. The summed E-state index contributed by atoms with van der Waals surface area (Å²) in [6.45, 7) is 13.0. The lowest BCUT2D eigenvalue weighted by molar-refractivity contribution is 0.225. The van der Waals surface area contributed by atoms with Crippen LogP contribution in [-0.2, 0) is 4.12 Å². The van der Waals surface area contributed by atoms with E-state index in [0.29, 0.717) is 10.2 Å². The van der Waals surface area contributed by atoms with Gasteiger partial charge < -0.3 is 8.85 Å². The molecule has 0 N–H and O–H groups in total. The summed E-state index contributed by atoms with van der Waals surface area (Å²) in [6, 6.07) is 5.71. The van der Waals surface area contributed by atoms with Crippen molar-refractivity contribution in [1.29, 1.82) is 0 Å². The van der Waals surface area contributed by atoms with E-state index in [0.717, 1.165) is 6.04 Å². The molecule has 1 unspecified atom stereocenters. The van der Waals surface area contributed by atoms with Gasteiger partial charge in [-0.05, 0) is 57.9 Å². The lowest BCUT2D eigenvalue weighted by Gasteiger charge is -2.33. The predicted molar refractivity (Wildman–Crippen MR) is 90.9 cm³/mol. The molecule has 0 saturated carbocycles. The smallest absolute Gasteiger partial charge is 0.177 e. The molecule has 0 aliphatic rings. The fourth-order valence-corrected chi connectivity index (χ4v) is 11.2. The van der Waals surface area contributed by atoms with E-state index in [4.69, 9.17) is 8.85 Å². The quantitative estimate of drug-likeness (QED) is 0.615. The van der Waals surface area contributed by atoms with Crippen molar-refractivity contribution in [3.63, 3.8) is 0 Å². The first-order valence-corrected chi connectivity index (χ1v) is 14.1. The highest BCUT2D eigenvalue weighted by Crippen LogP contribution is 2.26. The van der Waals surface area contributed by atoms with Gasteiger partial charge >= 0.3 is 0 Å². The first-order chi connectivity index (χ1) is 8.98. The van der Waals surface area contributed by atoms with Gasteiger partial charge in [-0.1, -0.05) is 15.9 Å². The Hall–Kier alpha value is -0.176. The average molecular weight is 379 g/mol. The summed E-state index contributed by atoms with van der Waals surface area (Å²) in [4.78, 5) is 0. The van der Waals surface area contributed by atoms with Crippen molar-refractivity contribution >= 4 is 32.6 Å². The van der Waals surface area contributed by atoms with Crippen LogP contribution in [0.1, 0.15) is 6.92 Å². The Labute approximate surface area is 132 Å². The van der Waals surface area contributed by atoms with Crippen LogP contribution in [0.15, 0.2) is 22.7 Å². The minimum Gasteiger partial charge on any atom is -0.488 e. The maximum atomic E-state index is 13.7. The molecule has 1 rings (SSSR count). The van der Waals surface area contributed by atoms with Crippen molar-refractivity contribution in [3.05, 3.63) is 28.5 Å². The molecule has 0 aliphatic carbocycles. The molecule has 0 bridgehead atoms. The normalized spacial score (nSPS) is 14.2. The highest BCUT2D eigenvalue weighted by Gasteiger charge is 2.31. The zero-order chi connectivity index (χ0) is 15.6. The van der Waals surface area contributed by atoms with Gasteiger partial charge in [0.2, 0.25) is 0 Å². The molecule has 6 heteroatoms. The van der Waals surface area contributed by atoms with Crippen molar-refractivity contribution in [3.8, 4) is 5.75 Å². The van der Waals surface area contributed by atoms with Crippen LogP contribution >= 0.6 is 15.9 Å². The van der Waals surface area contributed by atoms with Gasteiger partial charge in [-0.3, -0.25) is 0 Å². The number of hydrogen-bond donors (Lipinski definition) is 0. The summed E-state index contributed by atoms with van der Waals surface area (Å²) in [5.74, 6) is -0.0321. The van der Waals surface area contributed by atoms with E-state index in [2.05, 4.69) is 48.7 Å². The third kappa shape index (κ3) is 6.52. The zero-order valence-electron chi connectivity index (χ0n) is 13.1. The summed E-state index contributed by atoms with van der Waals surface area (Å²) < 4.78 is 26.5. The first kappa shape index (κ1) is 17.9. The van der Waals surface area contributed by atoms with Crippen LogP contribution in [-0.4, -0.2) is 22.7 Å². The molecule has 0 spiro atoms. The molecule has 1 atom stereocenters. The Bertz CT molecular complexity index is 461. The molecular weight excluding hydrogens is 355 g/mol. The average Bonchev–Trinajstić information content (AvgIpc) is 2.17. The number of hydrogen-bond acceptors (Lipinski definition) is 2. The second-order valence-corrected chi connectivity index (χ2v) is 16.6. The summed E-state index contributed by atoms with van der Waals surface area (Å²) >= 11 is 3.24. The molecular formula is C14H24BrFO2Si2. The van der Waals surface area contributed by atoms with Crippen LogP contribution < -0.4 is 4.74 Å². The maximum Gasteiger partial charge on any atom is 0.177 e. The van der Waals surface area contributed by atoms with Gasteiger partial charge in [0.15, 0.2) is 28.2 Å². The Morgan fingerprint density at radius 3 is 2.30 bits per heavy atom. The molecule has 114 valence electrons. The number of ether oxygens (including phenoxy) is 1. The number of rotatable bonds is 6. The fraction of sp³-hybridized carbons (Fsp3) is 0.571. The summed E-state index contributed by atoms with van der Waals surface area (Å²) in [7, 11) is -3.32. The van der Waals surface area contributed by atoms with Crippen LogP contribution in [0.4, 0.5) is 4.39 Å². The van der Waals surface area contributed by atoms with Crippen LogP contribution in [0.2, 0.25) is 38.8 Å². The molecule has 0 fully saturated rings. The topological polar surface area (TPSA) is 18.5 Å². The molecule has 0 amide bonds. The highest BCUT2D eigenvalue weighted by atomic mass is 79.9. The van der Waals surface area contributed by atoms with E-state index in [1.165, 1.54) is 6.07 Å². The van der Waals surface area contributed by atoms with E-state index >= 15 is 0 Å². The van der Waals surface area contributed by atoms with Crippen molar-refractivity contribution < 1.29 is 13.2 Å². The van der Waals surface area contributed by atoms with E-state index in [9.17, 15) is 4.39 Å². The van der Waals surface area contributed by atoms with Gasteiger partial charge in [-0.2, -0.15) is 0 Å². The molecule has 0 saturated heterocycles. The third-order valence-electron chi connectivity index (χ3n) is 2.58. The van der Waals surface area contributed by atoms with Gasteiger partial charge in [-0.15, -0.1) is 0 Å². The maximum absolute atomic E-state index is 13.7. The Balaban J connectivity index is 2.65. The van der Waals surface area contributed by atoms with Crippen molar-refractivity contribution in [2.75, 3.05) is 0 Å². The minimum atomic E-state index is -1.78. The molecule has 1 aromatic rings. The van der Waals surface area contributed by atoms with Crippen LogP contribution in [0.25, 0.3) is 0 Å². The van der Waals surface area contributed by atoms with Crippen molar-refractivity contribution in [1.82, 2.24) is 0 Å². The van der Waals surface area contributed by atoms with Gasteiger partial charge in [0.25, 0.3) is 0 Å². The highest BCUT2D eigenvalue weighted by molar-refractivity contribution is 9.10. The van der Waals surface area contributed by atoms with Gasteiger partial charge in [0.1, 0.15) is 0 Å². The van der Waals surface area contributed by atoms with Crippen LogP contribution in [0.5, 0.6) is 5.75 Å². The first-order valence-electron chi connectivity index (χ1n) is 6.80. The standard InChI is InChI=1S/C14H24BrFO2Si2/c1-11(10-20(5,6)18-19(2,3)4)17-14-8-7-12(15)9-13(14)16/h7-9,11H,10H2,1-6H3. The largest absolute Gasteiger partial charge is 0.488 e. The predicted octanol–water partition coefficient (Wildman–Crippen LogP) is 5.41. The Morgan fingerprint density at radius 1 is 1.20 bits per heavy atom. The Morgan fingerprint density at radius 2 is 1.80 bits per heavy atom. The van der Waals surface area contributed by atoms with Crippen molar-refractivity contribution in [2.24, 2.45) is 0 Å². The van der Waals surface area contributed by atoms with Gasteiger partial charge in [0, 0.05) is 10.5 Å². The van der Waals surface area contributed by atoms with E-state index in [-0.39, 0.29) is 11.9 Å². The van der Waals surface area contributed by atoms with Crippen LogP contribution in [0.3, 0.4) is 0 Å². The Kier molecular flexibility index (Phi) is 6.01. The number of benzene rings is 1. The lowest BCUT2D eigenvalue weighted by atomic mass is 10.3. The molecule has 20 heavy (non-hydrogen) atoms. The fourth-order valence-electron chi connectivity index (χ4n) is 2.39. The second kappa shape index (κ2) is 6.72. The molecule has 1 aromatic carbocycles. The van der Waals surface area contributed by atoms with Crippen molar-refractivity contribution in [2.45, 2.75) is 51.8 Å². The minimum absolute atomic E-state index is 0.0521. The summed E-state index contributed by atoms with van der Waals surface area (Å²) in [5, 5.41) is 0. The molecule has 0 aliphatic heterocycles.